The highest BCUT2D eigenvalue weighted by molar-refractivity contribution is 5.91. The van der Waals surface area contributed by atoms with Crippen LogP contribution in [0.5, 0.6) is 0 Å². The van der Waals surface area contributed by atoms with E-state index < -0.39 is 0 Å². The second-order valence-electron chi connectivity index (χ2n) is 8.28. The molecule has 0 bridgehead atoms. The summed E-state index contributed by atoms with van der Waals surface area (Å²) in [4.78, 5) is 25.0. The van der Waals surface area contributed by atoms with Crippen molar-refractivity contribution in [3.8, 4) is 0 Å². The van der Waals surface area contributed by atoms with Crippen molar-refractivity contribution in [2.24, 2.45) is 0 Å². The highest BCUT2D eigenvalue weighted by atomic mass is 16.3. The van der Waals surface area contributed by atoms with Crippen LogP contribution in [0.1, 0.15) is 74.7 Å². The molecule has 0 unspecified atom stereocenters. The molecule has 1 saturated heterocycles. The van der Waals surface area contributed by atoms with E-state index in [4.69, 9.17) is 9.40 Å². The third-order valence-electron chi connectivity index (χ3n) is 6.00. The molecule has 0 aromatic carbocycles. The molecule has 1 aliphatic carbocycles. The number of nitrogens with zero attached hydrogens (tertiary/aromatic N) is 4. The van der Waals surface area contributed by atoms with Gasteiger partial charge in [-0.2, -0.15) is 0 Å². The number of aryl methyl sites for hydroxylation is 2. The van der Waals surface area contributed by atoms with Crippen molar-refractivity contribution in [3.05, 3.63) is 41.6 Å². The molecule has 0 spiro atoms. The Bertz CT molecular complexity index is 779. The minimum atomic E-state index is -0.0324. The van der Waals surface area contributed by atoms with Crippen molar-refractivity contribution in [1.82, 2.24) is 14.9 Å². The predicted molar refractivity (Wildman–Crippen MR) is 120 cm³/mol. The molecule has 3 heterocycles. The smallest absolute Gasteiger partial charge is 0.225 e. The van der Waals surface area contributed by atoms with Gasteiger partial charge in [0.25, 0.3) is 0 Å². The third kappa shape index (κ3) is 5.91. The largest absolute Gasteiger partial charge is 0.461 e. The number of carbonyl (C=O) groups is 1. The number of carbonyl (C=O) groups excluding carboxylic acids is 1. The molecule has 2 aliphatic rings. The van der Waals surface area contributed by atoms with Crippen LogP contribution in [-0.4, -0.2) is 52.9 Å². The summed E-state index contributed by atoms with van der Waals surface area (Å²) >= 11 is 0. The summed E-state index contributed by atoms with van der Waals surface area (Å²) < 4.78 is 4.75. The second-order valence-corrected chi connectivity index (χ2v) is 8.28. The van der Waals surface area contributed by atoms with Crippen LogP contribution in [0.2, 0.25) is 0 Å². The molecule has 30 heavy (non-hydrogen) atoms. The molecule has 0 radical (unpaired) electrons. The van der Waals surface area contributed by atoms with Gasteiger partial charge in [-0.1, -0.05) is 33.1 Å². The molecule has 164 valence electrons. The van der Waals surface area contributed by atoms with Crippen LogP contribution in [0.25, 0.3) is 0 Å². The zero-order valence-electron chi connectivity index (χ0n) is 18.8. The van der Waals surface area contributed by atoms with Crippen LogP contribution in [0.3, 0.4) is 0 Å². The van der Waals surface area contributed by atoms with E-state index in [1.54, 1.807) is 12.1 Å². The number of hydrogen-bond donors (Lipinski definition) is 0. The number of hydrogen-bond acceptors (Lipinski definition) is 6. The SMILES string of the molecule is CC(=O)c1ccco1.CCCc1cnc(N2CCN(C3CCC3)CC2)nc1CCC. The normalized spacial score (nSPS) is 17.2. The Morgan fingerprint density at radius 3 is 2.37 bits per heavy atom. The molecule has 4 rings (SSSR count). The first-order valence-corrected chi connectivity index (χ1v) is 11.5. The van der Waals surface area contributed by atoms with Gasteiger partial charge in [0.2, 0.25) is 5.95 Å². The fourth-order valence-electron chi connectivity index (χ4n) is 4.03. The van der Waals surface area contributed by atoms with Crippen LogP contribution in [0.4, 0.5) is 5.95 Å². The maximum Gasteiger partial charge on any atom is 0.225 e. The highest BCUT2D eigenvalue weighted by Crippen LogP contribution is 2.26. The van der Waals surface area contributed by atoms with Crippen LogP contribution in [-0.2, 0) is 12.8 Å². The molecule has 2 aromatic rings. The standard InChI is InChI=1S/C18H30N4.C6H6O2/c1-3-6-15-14-19-18(20-17(15)7-4-2)22-12-10-21(11-13-22)16-8-5-9-16;1-5(7)6-3-2-4-8-6/h14,16H,3-13H2,1-2H3;2-4H,1H3. The Morgan fingerprint density at radius 2 is 1.87 bits per heavy atom. The van der Waals surface area contributed by atoms with Crippen molar-refractivity contribution < 1.29 is 9.21 Å². The molecule has 6 heteroatoms. The van der Waals surface area contributed by atoms with Gasteiger partial charge in [-0.3, -0.25) is 9.69 Å². The topological polar surface area (TPSA) is 62.5 Å². The highest BCUT2D eigenvalue weighted by Gasteiger charge is 2.28. The first kappa shape index (κ1) is 22.5. The predicted octanol–water partition coefficient (Wildman–Crippen LogP) is 4.54. The Labute approximate surface area is 180 Å². The van der Waals surface area contributed by atoms with Crippen molar-refractivity contribution in [1.29, 1.82) is 0 Å². The lowest BCUT2D eigenvalue weighted by Crippen LogP contribution is -2.52. The molecule has 1 saturated carbocycles. The monoisotopic (exact) mass is 412 g/mol. The first-order valence-electron chi connectivity index (χ1n) is 11.5. The molecule has 0 amide bonds. The molecule has 2 aromatic heterocycles. The van der Waals surface area contributed by atoms with Crippen LogP contribution >= 0.6 is 0 Å². The van der Waals surface area contributed by atoms with Gasteiger partial charge >= 0.3 is 0 Å². The molecule has 0 N–H and O–H groups in total. The van der Waals surface area contributed by atoms with E-state index in [0.29, 0.717) is 5.76 Å². The second kappa shape index (κ2) is 11.3. The fraction of sp³-hybridized carbons (Fsp3) is 0.625. The Balaban J connectivity index is 0.000000269. The van der Waals surface area contributed by atoms with Gasteiger partial charge in [0, 0.05) is 51.0 Å². The lowest BCUT2D eigenvalue weighted by molar-refractivity contribution is 0.0987. The van der Waals surface area contributed by atoms with E-state index in [0.717, 1.165) is 44.3 Å². The first-order chi connectivity index (χ1) is 14.6. The molecule has 1 aliphatic heterocycles. The number of Topliss-reactive ketones (excluding diaryl/α,β-unsaturated/α-hetero) is 1. The minimum absolute atomic E-state index is 0.0324. The lowest BCUT2D eigenvalue weighted by Gasteiger charge is -2.43. The van der Waals surface area contributed by atoms with Crippen molar-refractivity contribution in [2.45, 2.75) is 71.8 Å². The van der Waals surface area contributed by atoms with E-state index in [2.05, 4.69) is 34.8 Å². The number of rotatable bonds is 7. The summed E-state index contributed by atoms with van der Waals surface area (Å²) in [5.41, 5.74) is 2.62. The van der Waals surface area contributed by atoms with Gasteiger partial charge in [0.15, 0.2) is 11.5 Å². The van der Waals surface area contributed by atoms with Crippen LogP contribution in [0.15, 0.2) is 29.0 Å². The summed E-state index contributed by atoms with van der Waals surface area (Å²) in [6, 6.07) is 4.20. The minimum Gasteiger partial charge on any atom is -0.461 e. The van der Waals surface area contributed by atoms with Crippen LogP contribution in [0, 0.1) is 0 Å². The summed E-state index contributed by atoms with van der Waals surface area (Å²) in [7, 11) is 0. The average Bonchev–Trinajstić information content (AvgIpc) is 3.25. The van der Waals surface area contributed by atoms with E-state index in [9.17, 15) is 4.79 Å². The van der Waals surface area contributed by atoms with Gasteiger partial charge in [-0.25, -0.2) is 9.97 Å². The van der Waals surface area contributed by atoms with Gasteiger partial charge in [-0.05, 0) is 43.4 Å². The van der Waals surface area contributed by atoms with Gasteiger partial charge in [-0.15, -0.1) is 0 Å². The zero-order chi connectivity index (χ0) is 21.3. The van der Waals surface area contributed by atoms with Crippen LogP contribution < -0.4 is 4.90 Å². The maximum atomic E-state index is 10.4. The Kier molecular flexibility index (Phi) is 8.43. The number of ketones is 1. The molecular weight excluding hydrogens is 376 g/mol. The van der Waals surface area contributed by atoms with Gasteiger partial charge in [0.05, 0.1) is 6.26 Å². The molecular formula is C24H36N4O2. The Morgan fingerprint density at radius 1 is 1.13 bits per heavy atom. The Hall–Kier alpha value is -2.21. The summed E-state index contributed by atoms with van der Waals surface area (Å²) in [5, 5.41) is 0. The number of furan rings is 1. The number of aromatic nitrogens is 2. The summed E-state index contributed by atoms with van der Waals surface area (Å²) in [6.45, 7) is 10.4. The quantitative estimate of drug-likeness (QED) is 0.622. The number of piperazine rings is 1. The molecule has 6 nitrogen and oxygen atoms in total. The lowest BCUT2D eigenvalue weighted by atomic mass is 9.91. The summed E-state index contributed by atoms with van der Waals surface area (Å²) in [5.74, 6) is 1.34. The third-order valence-corrected chi connectivity index (χ3v) is 6.00. The van der Waals surface area contributed by atoms with E-state index in [1.165, 1.54) is 63.2 Å². The number of anilines is 1. The maximum absolute atomic E-state index is 10.4. The van der Waals surface area contributed by atoms with E-state index in [-0.39, 0.29) is 5.78 Å². The van der Waals surface area contributed by atoms with Gasteiger partial charge < -0.3 is 9.32 Å². The van der Waals surface area contributed by atoms with Crippen molar-refractivity contribution in [2.75, 3.05) is 31.1 Å². The fourth-order valence-corrected chi connectivity index (χ4v) is 4.03. The summed E-state index contributed by atoms with van der Waals surface area (Å²) in [6.07, 6.45) is 12.3. The molecule has 2 fully saturated rings. The van der Waals surface area contributed by atoms with Gasteiger partial charge in [0.1, 0.15) is 0 Å². The van der Waals surface area contributed by atoms with E-state index in [1.807, 2.05) is 0 Å². The van der Waals surface area contributed by atoms with Crippen molar-refractivity contribution >= 4 is 11.7 Å². The molecule has 0 atom stereocenters. The van der Waals surface area contributed by atoms with Crippen molar-refractivity contribution in [3.63, 3.8) is 0 Å². The average molecular weight is 413 g/mol. The van der Waals surface area contributed by atoms with E-state index >= 15 is 0 Å². The zero-order valence-corrected chi connectivity index (χ0v) is 18.8.